The molecule has 5 heteroatoms. The lowest BCUT2D eigenvalue weighted by Crippen LogP contribution is -2.36. The standard InChI is InChI=1S/C24H34N4O/c1-2-20-10-6-11-22(18-20)27-24(25)26-14-7-17-29-23-12-15-28(16-13-23)19-21-8-4-3-5-9-21/h3-6,8-11,18,23H,2,7,12-17,19H2,1H3,(H3,25,26,27). The third-order valence-electron chi connectivity index (χ3n) is 5.33. The molecule has 0 radical (unpaired) electrons. The molecule has 1 aliphatic heterocycles. The van der Waals surface area contributed by atoms with Gasteiger partial charge < -0.3 is 15.8 Å². The first-order chi connectivity index (χ1) is 14.2. The number of hydrogen-bond acceptors (Lipinski definition) is 3. The van der Waals surface area contributed by atoms with E-state index in [9.17, 15) is 0 Å². The molecule has 0 spiro atoms. The predicted molar refractivity (Wildman–Crippen MR) is 121 cm³/mol. The van der Waals surface area contributed by atoms with Crippen molar-refractivity contribution in [2.75, 3.05) is 31.6 Å². The Morgan fingerprint density at radius 1 is 1.10 bits per heavy atom. The molecule has 1 saturated heterocycles. The maximum Gasteiger partial charge on any atom is 0.193 e. The molecule has 3 rings (SSSR count). The molecule has 5 nitrogen and oxygen atoms in total. The first kappa shape index (κ1) is 21.3. The first-order valence-electron chi connectivity index (χ1n) is 10.8. The van der Waals surface area contributed by atoms with Crippen molar-refractivity contribution in [2.24, 2.45) is 10.7 Å². The van der Waals surface area contributed by atoms with Gasteiger partial charge in [-0.1, -0.05) is 49.4 Å². The maximum absolute atomic E-state index is 6.05. The minimum absolute atomic E-state index is 0.373. The zero-order valence-electron chi connectivity index (χ0n) is 17.5. The van der Waals surface area contributed by atoms with Crippen LogP contribution in [0.1, 0.15) is 37.3 Å². The van der Waals surface area contributed by atoms with E-state index in [1.54, 1.807) is 0 Å². The topological polar surface area (TPSA) is 62.9 Å². The van der Waals surface area contributed by atoms with E-state index in [4.69, 9.17) is 10.5 Å². The summed E-state index contributed by atoms with van der Waals surface area (Å²) < 4.78 is 6.05. The molecule has 3 N–H and O–H groups in total. The fraction of sp³-hybridized carbons (Fsp3) is 0.458. The summed E-state index contributed by atoms with van der Waals surface area (Å²) in [5.41, 5.74) is 9.65. The lowest BCUT2D eigenvalue weighted by atomic mass is 10.1. The van der Waals surface area contributed by atoms with E-state index < -0.39 is 0 Å². The zero-order valence-corrected chi connectivity index (χ0v) is 17.5. The number of ether oxygens (including phenoxy) is 1. The molecule has 1 fully saturated rings. The highest BCUT2D eigenvalue weighted by atomic mass is 16.5. The smallest absolute Gasteiger partial charge is 0.193 e. The number of aryl methyl sites for hydroxylation is 1. The Bertz CT molecular complexity index is 754. The summed E-state index contributed by atoms with van der Waals surface area (Å²) in [5, 5.41) is 3.16. The fourth-order valence-corrected chi connectivity index (χ4v) is 3.65. The average Bonchev–Trinajstić information content (AvgIpc) is 2.75. The van der Waals surface area contributed by atoms with E-state index in [0.717, 1.165) is 57.6 Å². The second kappa shape index (κ2) is 11.6. The third kappa shape index (κ3) is 7.52. The molecular formula is C24H34N4O. The Morgan fingerprint density at radius 2 is 1.86 bits per heavy atom. The van der Waals surface area contributed by atoms with Crippen LogP contribution in [0.5, 0.6) is 0 Å². The molecule has 0 amide bonds. The molecule has 0 atom stereocenters. The Kier molecular flexibility index (Phi) is 8.53. The van der Waals surface area contributed by atoms with E-state index in [1.165, 1.54) is 11.1 Å². The van der Waals surface area contributed by atoms with Gasteiger partial charge in [0.05, 0.1) is 6.10 Å². The van der Waals surface area contributed by atoms with Crippen molar-refractivity contribution in [3.05, 3.63) is 65.7 Å². The number of nitrogens with two attached hydrogens (primary N) is 1. The maximum atomic E-state index is 6.05. The van der Waals surface area contributed by atoms with E-state index >= 15 is 0 Å². The van der Waals surface area contributed by atoms with Crippen molar-refractivity contribution in [1.82, 2.24) is 4.90 Å². The summed E-state index contributed by atoms with van der Waals surface area (Å²) >= 11 is 0. The van der Waals surface area contributed by atoms with E-state index in [-0.39, 0.29) is 0 Å². The number of likely N-dealkylation sites (tertiary alicyclic amines) is 1. The molecule has 0 aliphatic carbocycles. The highest BCUT2D eigenvalue weighted by Gasteiger charge is 2.19. The second-order valence-electron chi connectivity index (χ2n) is 7.63. The van der Waals surface area contributed by atoms with Crippen LogP contribution in [0.2, 0.25) is 0 Å². The summed E-state index contributed by atoms with van der Waals surface area (Å²) in [4.78, 5) is 6.92. The van der Waals surface area contributed by atoms with Crippen LogP contribution in [0, 0.1) is 0 Å². The second-order valence-corrected chi connectivity index (χ2v) is 7.63. The quantitative estimate of drug-likeness (QED) is 0.383. The van der Waals surface area contributed by atoms with Crippen molar-refractivity contribution >= 4 is 11.6 Å². The summed E-state index contributed by atoms with van der Waals surface area (Å²) in [6.07, 6.45) is 4.48. The fourth-order valence-electron chi connectivity index (χ4n) is 3.65. The Labute approximate surface area is 175 Å². The molecule has 2 aromatic rings. The summed E-state index contributed by atoms with van der Waals surface area (Å²) in [6.45, 7) is 6.81. The molecule has 0 saturated carbocycles. The van der Waals surface area contributed by atoms with Crippen LogP contribution in [-0.2, 0) is 17.7 Å². The number of nitrogens with zero attached hydrogens (tertiary/aromatic N) is 2. The van der Waals surface area contributed by atoms with Gasteiger partial charge in [0.15, 0.2) is 5.96 Å². The van der Waals surface area contributed by atoms with Gasteiger partial charge in [0, 0.05) is 38.5 Å². The molecule has 2 aromatic carbocycles. The summed E-state index contributed by atoms with van der Waals surface area (Å²) in [6, 6.07) is 19.0. The SMILES string of the molecule is CCc1cccc(NC(N)=NCCCOC2CCN(Cc3ccccc3)CC2)c1. The van der Waals surface area contributed by atoms with Crippen LogP contribution in [0.25, 0.3) is 0 Å². The summed E-state index contributed by atoms with van der Waals surface area (Å²) in [7, 11) is 0. The van der Waals surface area contributed by atoms with Gasteiger partial charge in [0.25, 0.3) is 0 Å². The van der Waals surface area contributed by atoms with Gasteiger partial charge in [-0.2, -0.15) is 0 Å². The minimum Gasteiger partial charge on any atom is -0.378 e. The van der Waals surface area contributed by atoms with Gasteiger partial charge in [-0.25, -0.2) is 0 Å². The minimum atomic E-state index is 0.373. The van der Waals surface area contributed by atoms with Crippen LogP contribution in [-0.4, -0.2) is 43.2 Å². The van der Waals surface area contributed by atoms with Crippen molar-refractivity contribution in [3.63, 3.8) is 0 Å². The first-order valence-corrected chi connectivity index (χ1v) is 10.8. The normalized spacial score (nSPS) is 16.1. The molecule has 1 heterocycles. The van der Waals surface area contributed by atoms with Gasteiger partial charge in [-0.15, -0.1) is 0 Å². The molecule has 1 aliphatic rings. The van der Waals surface area contributed by atoms with Crippen molar-refractivity contribution in [1.29, 1.82) is 0 Å². The number of rotatable bonds is 9. The number of piperidine rings is 1. The number of aliphatic imine (C=N–C) groups is 1. The van der Waals surface area contributed by atoms with Crippen LogP contribution in [0.4, 0.5) is 5.69 Å². The third-order valence-corrected chi connectivity index (χ3v) is 5.33. The predicted octanol–water partition coefficient (Wildman–Crippen LogP) is 4.05. The Balaban J connectivity index is 1.28. The Morgan fingerprint density at radius 3 is 2.62 bits per heavy atom. The molecule has 0 bridgehead atoms. The van der Waals surface area contributed by atoms with E-state index in [0.29, 0.717) is 18.6 Å². The van der Waals surface area contributed by atoms with E-state index in [2.05, 4.69) is 64.6 Å². The molecule has 0 aromatic heterocycles. The highest BCUT2D eigenvalue weighted by Crippen LogP contribution is 2.16. The van der Waals surface area contributed by atoms with E-state index in [1.807, 2.05) is 12.1 Å². The highest BCUT2D eigenvalue weighted by molar-refractivity contribution is 5.92. The van der Waals surface area contributed by atoms with Gasteiger partial charge in [-0.3, -0.25) is 9.89 Å². The molecule has 29 heavy (non-hydrogen) atoms. The molecule has 156 valence electrons. The van der Waals surface area contributed by atoms with Crippen molar-refractivity contribution in [2.45, 2.75) is 45.3 Å². The lowest BCUT2D eigenvalue weighted by Gasteiger charge is -2.31. The van der Waals surface area contributed by atoms with Crippen molar-refractivity contribution in [3.8, 4) is 0 Å². The van der Waals surface area contributed by atoms with Crippen LogP contribution < -0.4 is 11.1 Å². The van der Waals surface area contributed by atoms with Gasteiger partial charge >= 0.3 is 0 Å². The molecule has 0 unspecified atom stereocenters. The largest absolute Gasteiger partial charge is 0.378 e. The van der Waals surface area contributed by atoms with Crippen LogP contribution in [0.15, 0.2) is 59.6 Å². The van der Waals surface area contributed by atoms with Gasteiger partial charge in [-0.05, 0) is 48.9 Å². The van der Waals surface area contributed by atoms with Crippen LogP contribution >= 0.6 is 0 Å². The average molecular weight is 395 g/mol. The number of nitrogens with one attached hydrogen (secondary N) is 1. The van der Waals surface area contributed by atoms with Crippen LogP contribution in [0.3, 0.4) is 0 Å². The molecular weight excluding hydrogens is 360 g/mol. The van der Waals surface area contributed by atoms with Gasteiger partial charge in [0.1, 0.15) is 0 Å². The lowest BCUT2D eigenvalue weighted by molar-refractivity contribution is 0.00566. The number of benzene rings is 2. The summed E-state index contributed by atoms with van der Waals surface area (Å²) in [5.74, 6) is 0.465. The number of guanidine groups is 1. The van der Waals surface area contributed by atoms with Gasteiger partial charge in [0.2, 0.25) is 0 Å². The number of anilines is 1. The van der Waals surface area contributed by atoms with Crippen molar-refractivity contribution < 1.29 is 4.74 Å². The Hall–Kier alpha value is -2.37. The zero-order chi connectivity index (χ0) is 20.3. The monoisotopic (exact) mass is 394 g/mol. The number of hydrogen-bond donors (Lipinski definition) is 2.